The smallest absolute Gasteiger partial charge is 0.293 e. The van der Waals surface area contributed by atoms with Crippen LogP contribution < -0.4 is 10.3 Å². The molecule has 2 heterocycles. The molecule has 0 amide bonds. The molecule has 3 rings (SSSR count). The Bertz CT molecular complexity index is 695. The molecule has 0 saturated carbocycles. The van der Waals surface area contributed by atoms with Crippen LogP contribution in [0.5, 0.6) is 0 Å². The maximum atomic E-state index is 9.68. The van der Waals surface area contributed by atoms with Gasteiger partial charge in [0.1, 0.15) is 6.04 Å². The minimum atomic E-state index is -0.236. The Balaban J connectivity index is 2.17. The van der Waals surface area contributed by atoms with Gasteiger partial charge in [-0.2, -0.15) is 0 Å². The standard InChI is InChI=1S/C13H13N5O/c14-12-11-13(16-7-15-11)18(8-17-12)10(6-19)9-4-2-1-3-5-9/h1-5,7-8,10,19H,6H2,(H2,14,15,16)/p+1. The van der Waals surface area contributed by atoms with Gasteiger partial charge in [-0.05, 0) is 5.56 Å². The average molecular weight is 256 g/mol. The van der Waals surface area contributed by atoms with Crippen LogP contribution in [-0.4, -0.2) is 26.7 Å². The van der Waals surface area contributed by atoms with Crippen LogP contribution in [0.3, 0.4) is 0 Å². The van der Waals surface area contributed by atoms with Gasteiger partial charge in [0.2, 0.25) is 12.1 Å². The summed E-state index contributed by atoms with van der Waals surface area (Å²) >= 11 is 0. The Hall–Kier alpha value is -2.47. The van der Waals surface area contributed by atoms with Gasteiger partial charge in [0.25, 0.3) is 5.65 Å². The summed E-state index contributed by atoms with van der Waals surface area (Å²) in [5.41, 5.74) is 8.14. The van der Waals surface area contributed by atoms with Crippen molar-refractivity contribution in [1.82, 2.24) is 15.0 Å². The highest BCUT2D eigenvalue weighted by atomic mass is 16.3. The molecule has 19 heavy (non-hydrogen) atoms. The van der Waals surface area contributed by atoms with Gasteiger partial charge in [-0.25, -0.2) is 4.57 Å². The molecule has 6 heteroatoms. The predicted molar refractivity (Wildman–Crippen MR) is 70.2 cm³/mol. The van der Waals surface area contributed by atoms with Crippen molar-refractivity contribution in [1.29, 1.82) is 0 Å². The van der Waals surface area contributed by atoms with Crippen molar-refractivity contribution in [2.75, 3.05) is 12.3 Å². The molecule has 1 atom stereocenters. The van der Waals surface area contributed by atoms with Crippen LogP contribution in [0.1, 0.15) is 11.6 Å². The minimum Gasteiger partial charge on any atom is -0.392 e. The summed E-state index contributed by atoms with van der Waals surface area (Å²) < 4.78 is 1.82. The molecule has 1 aromatic carbocycles. The average Bonchev–Trinajstić information content (AvgIpc) is 2.94. The van der Waals surface area contributed by atoms with Crippen molar-refractivity contribution in [3.8, 4) is 0 Å². The molecular formula is C13H14N5O+. The largest absolute Gasteiger partial charge is 0.392 e. The molecule has 0 saturated heterocycles. The highest BCUT2D eigenvalue weighted by Gasteiger charge is 2.22. The van der Waals surface area contributed by atoms with E-state index in [0.29, 0.717) is 17.0 Å². The van der Waals surface area contributed by atoms with E-state index in [1.807, 2.05) is 34.9 Å². The number of aromatic nitrogens is 4. The van der Waals surface area contributed by atoms with E-state index in [1.165, 1.54) is 0 Å². The van der Waals surface area contributed by atoms with Crippen molar-refractivity contribution in [2.45, 2.75) is 6.04 Å². The summed E-state index contributed by atoms with van der Waals surface area (Å²) in [6, 6.07) is 9.50. The maximum Gasteiger partial charge on any atom is 0.293 e. The van der Waals surface area contributed by atoms with Gasteiger partial charge in [-0.1, -0.05) is 40.3 Å². The molecule has 2 aromatic heterocycles. The first kappa shape index (κ1) is 11.6. The lowest BCUT2D eigenvalue weighted by atomic mass is 10.1. The van der Waals surface area contributed by atoms with Crippen molar-refractivity contribution >= 4 is 17.0 Å². The summed E-state index contributed by atoms with van der Waals surface area (Å²) in [4.78, 5) is 11.3. The fourth-order valence-corrected chi connectivity index (χ4v) is 2.17. The molecule has 6 nitrogen and oxygen atoms in total. The van der Waals surface area contributed by atoms with Crippen LogP contribution in [0.15, 0.2) is 43.0 Å². The van der Waals surface area contributed by atoms with Gasteiger partial charge in [-0.15, -0.1) is 0 Å². The van der Waals surface area contributed by atoms with Crippen LogP contribution in [0.4, 0.5) is 5.82 Å². The Morgan fingerprint density at radius 2 is 2.05 bits per heavy atom. The highest BCUT2D eigenvalue weighted by molar-refractivity contribution is 5.78. The zero-order valence-electron chi connectivity index (χ0n) is 10.2. The predicted octanol–water partition coefficient (Wildman–Crippen LogP) is 0.409. The number of aliphatic hydroxyl groups is 1. The lowest BCUT2D eigenvalue weighted by Crippen LogP contribution is -2.43. The second-order valence-corrected chi connectivity index (χ2v) is 4.25. The number of nitrogen functional groups attached to an aromatic ring is 1. The lowest BCUT2D eigenvalue weighted by molar-refractivity contribution is -0.694. The molecule has 0 aliphatic rings. The molecule has 0 aliphatic carbocycles. The molecule has 0 spiro atoms. The van der Waals surface area contributed by atoms with E-state index in [1.54, 1.807) is 12.7 Å². The number of imidazole rings is 1. The van der Waals surface area contributed by atoms with Gasteiger partial charge in [-0.3, -0.25) is 0 Å². The van der Waals surface area contributed by atoms with Crippen molar-refractivity contribution in [2.24, 2.45) is 0 Å². The van der Waals surface area contributed by atoms with Crippen molar-refractivity contribution in [3.05, 3.63) is 48.5 Å². The number of rotatable bonds is 3. The van der Waals surface area contributed by atoms with Gasteiger partial charge < -0.3 is 15.8 Å². The molecule has 0 fully saturated rings. The zero-order valence-corrected chi connectivity index (χ0v) is 10.2. The number of benzene rings is 1. The molecule has 0 radical (unpaired) electrons. The molecule has 1 unspecified atom stereocenters. The van der Waals surface area contributed by atoms with Crippen LogP contribution in [0.25, 0.3) is 11.2 Å². The number of nitrogens with zero attached hydrogens (tertiary/aromatic N) is 3. The summed E-state index contributed by atoms with van der Waals surface area (Å²) in [6.07, 6.45) is 3.17. The van der Waals surface area contributed by atoms with Crippen molar-refractivity contribution < 1.29 is 9.67 Å². The first-order valence-electron chi connectivity index (χ1n) is 5.95. The third kappa shape index (κ3) is 1.92. The Kier molecular flexibility index (Phi) is 2.85. The summed E-state index contributed by atoms with van der Waals surface area (Å²) in [5.74, 6) is 0.397. The third-order valence-electron chi connectivity index (χ3n) is 3.13. The first-order chi connectivity index (χ1) is 9.31. The molecule has 0 bridgehead atoms. The fraction of sp³-hybridized carbons (Fsp3) is 0.154. The SMILES string of the molecule is Nc1nc[n+](C(CO)c2ccccc2)c2nc[nH]c12. The number of nitrogens with one attached hydrogen (secondary N) is 1. The normalized spacial score (nSPS) is 12.7. The zero-order chi connectivity index (χ0) is 13.2. The van der Waals surface area contributed by atoms with E-state index in [-0.39, 0.29) is 12.6 Å². The van der Waals surface area contributed by atoms with Gasteiger partial charge in [0, 0.05) is 0 Å². The van der Waals surface area contributed by atoms with E-state index in [9.17, 15) is 5.11 Å². The Morgan fingerprint density at radius 1 is 1.26 bits per heavy atom. The summed E-state index contributed by atoms with van der Waals surface area (Å²) in [5, 5.41) is 9.68. The van der Waals surface area contributed by atoms with Crippen molar-refractivity contribution in [3.63, 3.8) is 0 Å². The quantitative estimate of drug-likeness (QED) is 0.592. The molecule has 0 aliphatic heterocycles. The second-order valence-electron chi connectivity index (χ2n) is 4.25. The third-order valence-corrected chi connectivity index (χ3v) is 3.13. The molecular weight excluding hydrogens is 242 g/mol. The number of fused-ring (bicyclic) bond motifs is 1. The van der Waals surface area contributed by atoms with Crippen LogP contribution in [0.2, 0.25) is 0 Å². The number of hydrogen-bond acceptors (Lipinski definition) is 4. The topological polar surface area (TPSA) is 91.7 Å². The van der Waals surface area contributed by atoms with E-state index in [4.69, 9.17) is 5.73 Å². The number of H-pyrrole nitrogens is 1. The lowest BCUT2D eigenvalue weighted by Gasteiger charge is -2.13. The second kappa shape index (κ2) is 4.66. The van der Waals surface area contributed by atoms with Crippen LogP contribution in [0, 0.1) is 0 Å². The molecule has 3 aromatic rings. The Morgan fingerprint density at radius 3 is 2.79 bits per heavy atom. The van der Waals surface area contributed by atoms with Gasteiger partial charge >= 0.3 is 0 Å². The summed E-state index contributed by atoms with van der Waals surface area (Å²) in [6.45, 7) is -0.0394. The fourth-order valence-electron chi connectivity index (χ4n) is 2.17. The highest BCUT2D eigenvalue weighted by Crippen LogP contribution is 2.16. The number of anilines is 1. The first-order valence-corrected chi connectivity index (χ1v) is 5.95. The molecule has 4 N–H and O–H groups in total. The summed E-state index contributed by atoms with van der Waals surface area (Å²) in [7, 11) is 0. The number of hydrogen-bond donors (Lipinski definition) is 3. The van der Waals surface area contributed by atoms with Crippen LogP contribution in [-0.2, 0) is 0 Å². The van der Waals surface area contributed by atoms with Gasteiger partial charge in [0.05, 0.1) is 6.61 Å². The van der Waals surface area contributed by atoms with E-state index < -0.39 is 0 Å². The number of aliphatic hydroxyl groups excluding tert-OH is 1. The minimum absolute atomic E-state index is 0.0394. The van der Waals surface area contributed by atoms with Crippen LogP contribution >= 0.6 is 0 Å². The number of aromatic amines is 1. The monoisotopic (exact) mass is 256 g/mol. The maximum absolute atomic E-state index is 9.68. The van der Waals surface area contributed by atoms with Gasteiger partial charge in [0.15, 0.2) is 11.8 Å². The van der Waals surface area contributed by atoms with E-state index in [2.05, 4.69) is 15.0 Å². The number of nitrogens with two attached hydrogens (primary N) is 1. The molecule has 96 valence electrons. The Labute approximate surface area is 109 Å². The van der Waals surface area contributed by atoms with E-state index in [0.717, 1.165) is 5.56 Å². The van der Waals surface area contributed by atoms with E-state index >= 15 is 0 Å².